The van der Waals surface area contributed by atoms with E-state index in [4.69, 9.17) is 11.6 Å². The first-order valence-corrected chi connectivity index (χ1v) is 13.3. The van der Waals surface area contributed by atoms with Crippen molar-refractivity contribution in [2.45, 2.75) is 64.3 Å². The molecule has 0 bridgehead atoms. The van der Waals surface area contributed by atoms with Gasteiger partial charge in [0, 0.05) is 29.4 Å². The Balaban J connectivity index is 1.68. The lowest BCUT2D eigenvalue weighted by Gasteiger charge is -2.37. The highest BCUT2D eigenvalue weighted by atomic mass is 35.5. The number of nitrogens with zero attached hydrogens (tertiary/aromatic N) is 2. The molecule has 4 nitrogen and oxygen atoms in total. The van der Waals surface area contributed by atoms with Crippen LogP contribution in [0.25, 0.3) is 0 Å². The van der Waals surface area contributed by atoms with Gasteiger partial charge in [0.2, 0.25) is 11.8 Å². The number of carbonyl (C=O) groups is 2. The quantitative estimate of drug-likeness (QED) is 0.249. The van der Waals surface area contributed by atoms with Gasteiger partial charge in [0.25, 0.3) is 0 Å². The van der Waals surface area contributed by atoms with Crippen LogP contribution in [0, 0.1) is 0 Å². The SMILES string of the molecule is C=CCN(CC(=O)N1CCc2sccc2C1c1ccc(Cl)cc1)C(=O)CCCCCCCC. The summed E-state index contributed by atoms with van der Waals surface area (Å²) < 4.78 is 0. The lowest BCUT2D eigenvalue weighted by Crippen LogP contribution is -2.46. The summed E-state index contributed by atoms with van der Waals surface area (Å²) in [6.07, 6.45) is 9.84. The molecule has 0 fully saturated rings. The van der Waals surface area contributed by atoms with Crippen molar-refractivity contribution < 1.29 is 9.59 Å². The second kappa shape index (κ2) is 13.0. The summed E-state index contributed by atoms with van der Waals surface area (Å²) in [7, 11) is 0. The van der Waals surface area contributed by atoms with Crippen molar-refractivity contribution in [3.63, 3.8) is 0 Å². The predicted molar refractivity (Wildman–Crippen MR) is 138 cm³/mol. The normalized spacial score (nSPS) is 15.2. The number of halogens is 1. The van der Waals surface area contributed by atoms with Crippen LogP contribution in [-0.2, 0) is 16.0 Å². The monoisotopic (exact) mass is 486 g/mol. The first-order valence-electron chi connectivity index (χ1n) is 12.0. The molecule has 1 aromatic carbocycles. The number of hydrogen-bond donors (Lipinski definition) is 0. The average Bonchev–Trinajstić information content (AvgIpc) is 3.30. The zero-order valence-corrected chi connectivity index (χ0v) is 21.2. The maximum atomic E-state index is 13.5. The van der Waals surface area contributed by atoms with Gasteiger partial charge in [-0.1, -0.05) is 68.8 Å². The Hall–Kier alpha value is -2.11. The van der Waals surface area contributed by atoms with Crippen LogP contribution in [0.15, 0.2) is 48.4 Å². The van der Waals surface area contributed by atoms with Crippen LogP contribution in [-0.4, -0.2) is 41.2 Å². The van der Waals surface area contributed by atoms with Crippen molar-refractivity contribution in [1.82, 2.24) is 9.80 Å². The van der Waals surface area contributed by atoms with Gasteiger partial charge in [-0.25, -0.2) is 0 Å². The Morgan fingerprint density at radius 3 is 2.61 bits per heavy atom. The minimum atomic E-state index is -0.149. The van der Waals surface area contributed by atoms with Gasteiger partial charge in [-0.2, -0.15) is 0 Å². The van der Waals surface area contributed by atoms with Crippen LogP contribution in [0.3, 0.4) is 0 Å². The average molecular weight is 487 g/mol. The van der Waals surface area contributed by atoms with Gasteiger partial charge in [0.15, 0.2) is 0 Å². The van der Waals surface area contributed by atoms with Gasteiger partial charge < -0.3 is 9.80 Å². The van der Waals surface area contributed by atoms with E-state index in [0.29, 0.717) is 24.5 Å². The second-order valence-electron chi connectivity index (χ2n) is 8.67. The molecule has 0 radical (unpaired) electrons. The van der Waals surface area contributed by atoms with Gasteiger partial charge in [-0.3, -0.25) is 9.59 Å². The van der Waals surface area contributed by atoms with Crippen LogP contribution in [0.4, 0.5) is 0 Å². The third-order valence-corrected chi connectivity index (χ3v) is 7.49. The maximum absolute atomic E-state index is 13.5. The van der Waals surface area contributed by atoms with Crippen molar-refractivity contribution in [1.29, 1.82) is 0 Å². The molecule has 0 N–H and O–H groups in total. The van der Waals surface area contributed by atoms with Crippen molar-refractivity contribution >= 4 is 34.8 Å². The van der Waals surface area contributed by atoms with Gasteiger partial charge in [-0.05, 0) is 47.5 Å². The number of fused-ring (bicyclic) bond motifs is 1. The standard InChI is InChI=1S/C27H35ClN2O2S/c1-3-5-6-7-8-9-10-25(31)29(17-4-2)20-26(32)30-18-15-24-23(16-19-33-24)27(30)21-11-13-22(28)14-12-21/h4,11-14,16,19,27H,2-3,5-10,15,17-18,20H2,1H3. The molecule has 33 heavy (non-hydrogen) atoms. The summed E-state index contributed by atoms with van der Waals surface area (Å²) in [5.74, 6) is 0.0139. The van der Waals surface area contributed by atoms with Crippen LogP contribution >= 0.6 is 22.9 Å². The van der Waals surface area contributed by atoms with Crippen molar-refractivity contribution in [2.75, 3.05) is 19.6 Å². The fourth-order valence-corrected chi connectivity index (χ4v) is 5.50. The third kappa shape index (κ3) is 6.94. The number of thiophene rings is 1. The molecule has 2 heterocycles. The van der Waals surface area contributed by atoms with Crippen molar-refractivity contribution in [3.8, 4) is 0 Å². The summed E-state index contributed by atoms with van der Waals surface area (Å²) in [6, 6.07) is 9.69. The zero-order chi connectivity index (χ0) is 23.6. The molecule has 0 spiro atoms. The largest absolute Gasteiger partial charge is 0.330 e. The van der Waals surface area contributed by atoms with E-state index in [1.54, 1.807) is 22.3 Å². The molecule has 2 aromatic rings. The number of carbonyl (C=O) groups excluding carboxylic acids is 2. The second-order valence-corrected chi connectivity index (χ2v) is 10.1. The molecule has 1 unspecified atom stereocenters. The number of hydrogen-bond acceptors (Lipinski definition) is 3. The van der Waals surface area contributed by atoms with E-state index in [9.17, 15) is 9.59 Å². The van der Waals surface area contributed by atoms with Crippen LogP contribution in [0.1, 0.15) is 73.9 Å². The lowest BCUT2D eigenvalue weighted by molar-refractivity contribution is -0.141. The Labute approximate surface area is 207 Å². The summed E-state index contributed by atoms with van der Waals surface area (Å²) in [4.78, 5) is 31.3. The molecule has 1 aliphatic rings. The smallest absolute Gasteiger partial charge is 0.243 e. The highest BCUT2D eigenvalue weighted by Gasteiger charge is 2.33. The highest BCUT2D eigenvalue weighted by molar-refractivity contribution is 7.10. The van der Waals surface area contributed by atoms with Crippen molar-refractivity contribution in [2.24, 2.45) is 0 Å². The molecule has 1 aliphatic heterocycles. The third-order valence-electron chi connectivity index (χ3n) is 6.24. The minimum absolute atomic E-state index is 0.0232. The molecular formula is C27H35ClN2O2S. The molecule has 178 valence electrons. The van der Waals surface area contributed by atoms with E-state index in [0.717, 1.165) is 24.8 Å². The first-order chi connectivity index (χ1) is 16.0. The van der Waals surface area contributed by atoms with Crippen molar-refractivity contribution in [3.05, 3.63) is 69.4 Å². The molecule has 1 atom stereocenters. The number of unbranched alkanes of at least 4 members (excludes halogenated alkanes) is 5. The highest BCUT2D eigenvalue weighted by Crippen LogP contribution is 2.38. The molecule has 3 rings (SSSR count). The first kappa shape index (κ1) is 25.5. The van der Waals surface area contributed by atoms with Gasteiger partial charge in [-0.15, -0.1) is 17.9 Å². The summed E-state index contributed by atoms with van der Waals surface area (Å²) in [6.45, 7) is 7.12. The zero-order valence-electron chi connectivity index (χ0n) is 19.6. The van der Waals surface area contributed by atoms with E-state index < -0.39 is 0 Å². The molecular weight excluding hydrogens is 452 g/mol. The number of amides is 2. The molecule has 0 saturated carbocycles. The van der Waals surface area contributed by atoms with E-state index in [-0.39, 0.29) is 24.4 Å². The molecule has 0 aliphatic carbocycles. The summed E-state index contributed by atoms with van der Waals surface area (Å²) >= 11 is 7.85. The summed E-state index contributed by atoms with van der Waals surface area (Å²) in [5.41, 5.74) is 2.22. The fraction of sp³-hybridized carbons (Fsp3) is 0.481. The Morgan fingerprint density at radius 2 is 1.88 bits per heavy atom. The summed E-state index contributed by atoms with van der Waals surface area (Å²) in [5, 5.41) is 2.77. The van der Waals surface area contributed by atoms with Crippen LogP contribution in [0.5, 0.6) is 0 Å². The van der Waals surface area contributed by atoms with E-state index >= 15 is 0 Å². The fourth-order valence-electron chi connectivity index (χ4n) is 4.47. The molecule has 6 heteroatoms. The maximum Gasteiger partial charge on any atom is 0.243 e. The Bertz CT molecular complexity index is 924. The number of rotatable bonds is 12. The van der Waals surface area contributed by atoms with Gasteiger partial charge in [0.05, 0.1) is 6.04 Å². The predicted octanol–water partition coefficient (Wildman–Crippen LogP) is 6.64. The Kier molecular flexibility index (Phi) is 10.0. The topological polar surface area (TPSA) is 40.6 Å². The van der Waals surface area contributed by atoms with E-state index in [1.807, 2.05) is 29.2 Å². The van der Waals surface area contributed by atoms with Crippen LogP contribution < -0.4 is 0 Å². The van der Waals surface area contributed by atoms with E-state index in [1.165, 1.54) is 36.1 Å². The minimum Gasteiger partial charge on any atom is -0.330 e. The molecule has 2 amide bonds. The number of benzene rings is 1. The lowest BCUT2D eigenvalue weighted by atomic mass is 9.93. The van der Waals surface area contributed by atoms with Crippen LogP contribution in [0.2, 0.25) is 5.02 Å². The van der Waals surface area contributed by atoms with Gasteiger partial charge >= 0.3 is 0 Å². The Morgan fingerprint density at radius 1 is 1.15 bits per heavy atom. The molecule has 0 saturated heterocycles. The molecule has 1 aromatic heterocycles. The van der Waals surface area contributed by atoms with E-state index in [2.05, 4.69) is 24.9 Å². The van der Waals surface area contributed by atoms with Gasteiger partial charge in [0.1, 0.15) is 6.54 Å².